The van der Waals surface area contributed by atoms with Crippen molar-refractivity contribution in [3.05, 3.63) is 28.7 Å². The molecule has 1 N–H and O–H groups in total. The summed E-state index contributed by atoms with van der Waals surface area (Å²) in [6, 6.07) is 8.70. The van der Waals surface area contributed by atoms with Crippen molar-refractivity contribution in [3.8, 4) is 0 Å². The maximum Gasteiger partial charge on any atom is 0.0386 e. The van der Waals surface area contributed by atoms with Gasteiger partial charge in [0.15, 0.2) is 0 Å². The first-order chi connectivity index (χ1) is 8.55. The third-order valence-corrected chi connectivity index (χ3v) is 4.75. The van der Waals surface area contributed by atoms with Crippen LogP contribution in [0.4, 0.5) is 5.69 Å². The van der Waals surface area contributed by atoms with E-state index in [1.54, 1.807) is 0 Å². The second-order valence-corrected chi connectivity index (χ2v) is 6.59. The van der Waals surface area contributed by atoms with Crippen LogP contribution in [0.5, 0.6) is 0 Å². The number of piperidine rings is 1. The number of halogens is 1. The first-order valence-corrected chi connectivity index (χ1v) is 7.53. The summed E-state index contributed by atoms with van der Waals surface area (Å²) in [5.74, 6) is 0.708. The Labute approximate surface area is 119 Å². The molecule has 0 saturated carbocycles. The number of nitrogens with zero attached hydrogens (tertiary/aromatic N) is 1. The van der Waals surface area contributed by atoms with E-state index in [9.17, 15) is 0 Å². The highest BCUT2D eigenvalue weighted by Crippen LogP contribution is 2.36. The molecule has 3 heteroatoms. The van der Waals surface area contributed by atoms with E-state index in [1.807, 2.05) is 0 Å². The normalized spacial score (nSPS) is 23.1. The smallest absolute Gasteiger partial charge is 0.0386 e. The van der Waals surface area contributed by atoms with Crippen LogP contribution in [0.25, 0.3) is 0 Å². The van der Waals surface area contributed by atoms with Crippen LogP contribution in [-0.2, 0) is 0 Å². The number of hydrogen-bond donors (Lipinski definition) is 1. The minimum atomic E-state index is 0.217. The standard InChI is InChI=1S/C15H23BrN2/c1-15(2)12(11-17-3)5-4-10-18(15)14-8-6-13(16)7-9-14/h6-9,12,17H,4-5,10-11H2,1-3H3. The SMILES string of the molecule is CNCC1CCCN(c2ccc(Br)cc2)C1(C)C. The van der Waals surface area contributed by atoms with Crippen LogP contribution >= 0.6 is 15.9 Å². The molecule has 0 amide bonds. The number of hydrogen-bond acceptors (Lipinski definition) is 2. The predicted octanol–water partition coefficient (Wildman–Crippen LogP) is 3.66. The maximum atomic E-state index is 3.51. The molecule has 100 valence electrons. The Morgan fingerprint density at radius 2 is 2.00 bits per heavy atom. The van der Waals surface area contributed by atoms with Crippen molar-refractivity contribution >= 4 is 21.6 Å². The van der Waals surface area contributed by atoms with E-state index >= 15 is 0 Å². The Hall–Kier alpha value is -0.540. The molecule has 0 spiro atoms. The van der Waals surface area contributed by atoms with Crippen LogP contribution in [-0.4, -0.2) is 25.7 Å². The summed E-state index contributed by atoms with van der Waals surface area (Å²) in [7, 11) is 2.05. The number of nitrogens with one attached hydrogen (secondary N) is 1. The van der Waals surface area contributed by atoms with E-state index in [1.165, 1.54) is 18.5 Å². The molecule has 1 aromatic rings. The Morgan fingerprint density at radius 3 is 2.61 bits per heavy atom. The maximum absolute atomic E-state index is 3.51. The largest absolute Gasteiger partial charge is 0.366 e. The third-order valence-electron chi connectivity index (χ3n) is 4.22. The molecule has 1 saturated heterocycles. The number of anilines is 1. The molecular weight excluding hydrogens is 288 g/mol. The lowest BCUT2D eigenvalue weighted by Crippen LogP contribution is -2.55. The quantitative estimate of drug-likeness (QED) is 0.916. The van der Waals surface area contributed by atoms with Gasteiger partial charge in [0.05, 0.1) is 0 Å². The molecular formula is C15H23BrN2. The lowest BCUT2D eigenvalue weighted by atomic mass is 9.78. The van der Waals surface area contributed by atoms with Gasteiger partial charge >= 0.3 is 0 Å². The summed E-state index contributed by atoms with van der Waals surface area (Å²) in [6.45, 7) is 7.00. The van der Waals surface area contributed by atoms with Gasteiger partial charge in [0.25, 0.3) is 0 Å². The second kappa shape index (κ2) is 5.62. The fourth-order valence-corrected chi connectivity index (χ4v) is 3.30. The Morgan fingerprint density at radius 1 is 1.33 bits per heavy atom. The molecule has 1 atom stereocenters. The van der Waals surface area contributed by atoms with Gasteiger partial charge in [-0.2, -0.15) is 0 Å². The van der Waals surface area contributed by atoms with Crippen LogP contribution in [0.1, 0.15) is 26.7 Å². The molecule has 1 aliphatic rings. The zero-order valence-electron chi connectivity index (χ0n) is 11.5. The van der Waals surface area contributed by atoms with Crippen molar-refractivity contribution in [2.24, 2.45) is 5.92 Å². The summed E-state index contributed by atoms with van der Waals surface area (Å²) < 4.78 is 1.15. The van der Waals surface area contributed by atoms with Crippen molar-refractivity contribution in [1.29, 1.82) is 0 Å². The van der Waals surface area contributed by atoms with Crippen LogP contribution in [0.3, 0.4) is 0 Å². The van der Waals surface area contributed by atoms with Gasteiger partial charge in [-0.15, -0.1) is 0 Å². The van der Waals surface area contributed by atoms with Crippen LogP contribution in [0.2, 0.25) is 0 Å². The molecule has 2 rings (SSSR count). The molecule has 0 bridgehead atoms. The van der Waals surface area contributed by atoms with E-state index in [0.717, 1.165) is 17.6 Å². The molecule has 2 nitrogen and oxygen atoms in total. The monoisotopic (exact) mass is 310 g/mol. The van der Waals surface area contributed by atoms with E-state index in [0.29, 0.717) is 5.92 Å². The van der Waals surface area contributed by atoms with Crippen molar-refractivity contribution in [2.75, 3.05) is 25.0 Å². The highest BCUT2D eigenvalue weighted by Gasteiger charge is 2.37. The average molecular weight is 311 g/mol. The average Bonchev–Trinajstić information content (AvgIpc) is 2.33. The molecule has 0 aliphatic carbocycles. The van der Waals surface area contributed by atoms with Gasteiger partial charge in [-0.3, -0.25) is 0 Å². The summed E-state index contributed by atoms with van der Waals surface area (Å²) in [4.78, 5) is 2.56. The van der Waals surface area contributed by atoms with Crippen LogP contribution < -0.4 is 10.2 Å². The topological polar surface area (TPSA) is 15.3 Å². The fraction of sp³-hybridized carbons (Fsp3) is 0.600. The highest BCUT2D eigenvalue weighted by atomic mass is 79.9. The molecule has 1 unspecified atom stereocenters. The summed E-state index contributed by atoms with van der Waals surface area (Å²) in [6.07, 6.45) is 2.60. The van der Waals surface area contributed by atoms with E-state index in [2.05, 4.69) is 71.3 Å². The van der Waals surface area contributed by atoms with Gasteiger partial charge in [0.1, 0.15) is 0 Å². The molecule has 0 aromatic heterocycles. The zero-order chi connectivity index (χ0) is 13.2. The molecule has 1 fully saturated rings. The third kappa shape index (κ3) is 2.72. The van der Waals surface area contributed by atoms with Crippen LogP contribution in [0.15, 0.2) is 28.7 Å². The Kier molecular flexibility index (Phi) is 4.33. The fourth-order valence-electron chi connectivity index (χ4n) is 3.04. The summed E-state index contributed by atoms with van der Waals surface area (Å²) in [5, 5.41) is 3.34. The summed E-state index contributed by atoms with van der Waals surface area (Å²) >= 11 is 3.51. The van der Waals surface area contributed by atoms with Gasteiger partial charge in [-0.25, -0.2) is 0 Å². The van der Waals surface area contributed by atoms with E-state index in [-0.39, 0.29) is 5.54 Å². The second-order valence-electron chi connectivity index (χ2n) is 5.68. The molecule has 18 heavy (non-hydrogen) atoms. The Bertz CT molecular complexity index is 384. The Balaban J connectivity index is 2.23. The highest BCUT2D eigenvalue weighted by molar-refractivity contribution is 9.10. The number of benzene rings is 1. The molecule has 1 aliphatic heterocycles. The lowest BCUT2D eigenvalue weighted by molar-refractivity contribution is 0.235. The molecule has 1 heterocycles. The lowest BCUT2D eigenvalue weighted by Gasteiger charge is -2.49. The van der Waals surface area contributed by atoms with E-state index in [4.69, 9.17) is 0 Å². The molecule has 1 aromatic carbocycles. The summed E-state index contributed by atoms with van der Waals surface area (Å²) in [5.41, 5.74) is 1.55. The first-order valence-electron chi connectivity index (χ1n) is 6.73. The van der Waals surface area contributed by atoms with E-state index < -0.39 is 0 Å². The number of rotatable bonds is 3. The minimum absolute atomic E-state index is 0.217. The predicted molar refractivity (Wildman–Crippen MR) is 82.2 cm³/mol. The van der Waals surface area contributed by atoms with Gasteiger partial charge < -0.3 is 10.2 Å². The van der Waals surface area contributed by atoms with Crippen molar-refractivity contribution < 1.29 is 0 Å². The minimum Gasteiger partial charge on any atom is -0.366 e. The van der Waals surface area contributed by atoms with Gasteiger partial charge in [0.2, 0.25) is 0 Å². The molecule has 0 radical (unpaired) electrons. The van der Waals surface area contributed by atoms with Gasteiger partial charge in [-0.05, 0) is 70.5 Å². The van der Waals surface area contributed by atoms with Crippen molar-refractivity contribution in [3.63, 3.8) is 0 Å². The van der Waals surface area contributed by atoms with Crippen molar-refractivity contribution in [1.82, 2.24) is 5.32 Å². The van der Waals surface area contributed by atoms with Gasteiger partial charge in [0, 0.05) is 22.2 Å². The first kappa shape index (κ1) is 13.9. The van der Waals surface area contributed by atoms with Crippen molar-refractivity contribution in [2.45, 2.75) is 32.2 Å². The zero-order valence-corrected chi connectivity index (χ0v) is 13.1. The van der Waals surface area contributed by atoms with Gasteiger partial charge in [-0.1, -0.05) is 15.9 Å². The van der Waals surface area contributed by atoms with Crippen LogP contribution in [0, 0.1) is 5.92 Å².